The molecule has 1 aromatic heterocycles. The summed E-state index contributed by atoms with van der Waals surface area (Å²) in [5.41, 5.74) is 3.63. The van der Waals surface area contributed by atoms with Gasteiger partial charge in [0.05, 0.1) is 6.54 Å². The number of nitrogens with one attached hydrogen (secondary N) is 2. The van der Waals surface area contributed by atoms with Crippen LogP contribution in [-0.2, 0) is 28.7 Å². The maximum atomic E-state index is 13.5. The maximum absolute atomic E-state index is 13.5. The van der Waals surface area contributed by atoms with Crippen LogP contribution in [-0.4, -0.2) is 44.8 Å². The number of amides is 1. The lowest BCUT2D eigenvalue weighted by Crippen LogP contribution is -2.32. The van der Waals surface area contributed by atoms with Crippen LogP contribution < -0.4 is 5.32 Å². The van der Waals surface area contributed by atoms with Crippen molar-refractivity contribution in [3.8, 4) is 5.75 Å². The fourth-order valence-corrected chi connectivity index (χ4v) is 4.45. The minimum Gasteiger partial charge on any atom is -0.507 e. The first-order valence-corrected chi connectivity index (χ1v) is 13.0. The minimum absolute atomic E-state index is 0. The number of rotatable bonds is 5. The first-order chi connectivity index (χ1) is 17.3. The van der Waals surface area contributed by atoms with Gasteiger partial charge in [-0.2, -0.15) is 0 Å². The van der Waals surface area contributed by atoms with Crippen molar-refractivity contribution in [2.24, 2.45) is 0 Å². The Hall–Kier alpha value is -2.94. The number of hydrogen-bond donors (Lipinski definition) is 3. The second-order valence-electron chi connectivity index (χ2n) is 13.1. The molecular formula is C30H43BrN4O4. The van der Waals surface area contributed by atoms with Gasteiger partial charge in [0.2, 0.25) is 0 Å². The van der Waals surface area contributed by atoms with Crippen LogP contribution in [0.1, 0.15) is 106 Å². The minimum atomic E-state index is -0.587. The van der Waals surface area contributed by atoms with E-state index in [4.69, 9.17) is 10.1 Å². The van der Waals surface area contributed by atoms with E-state index in [1.165, 1.54) is 0 Å². The Kier molecular flexibility index (Phi) is 9.33. The summed E-state index contributed by atoms with van der Waals surface area (Å²) in [6, 6.07) is 5.50. The quantitative estimate of drug-likeness (QED) is 0.345. The average molecular weight is 604 g/mol. The number of amidine groups is 1. The number of alkyl carbamates (subject to hydrolysis) is 1. The van der Waals surface area contributed by atoms with Gasteiger partial charge in [0.25, 0.3) is 0 Å². The van der Waals surface area contributed by atoms with E-state index in [0.29, 0.717) is 23.5 Å². The molecule has 0 fully saturated rings. The molecule has 8 nitrogen and oxygen atoms in total. The number of aromatic nitrogens is 1. The highest BCUT2D eigenvalue weighted by molar-refractivity contribution is 8.93. The zero-order valence-electron chi connectivity index (χ0n) is 24.8. The molecule has 1 aliphatic heterocycles. The highest BCUT2D eigenvalue weighted by Crippen LogP contribution is 2.40. The molecule has 0 saturated carbocycles. The lowest BCUT2D eigenvalue weighted by molar-refractivity contribution is 0.0523. The number of fused-ring (bicyclic) bond motifs is 1. The van der Waals surface area contributed by atoms with E-state index in [1.807, 2.05) is 75.3 Å². The van der Waals surface area contributed by atoms with Crippen molar-refractivity contribution in [1.82, 2.24) is 15.2 Å². The molecule has 0 radical (unpaired) electrons. The van der Waals surface area contributed by atoms with E-state index >= 15 is 0 Å². The molecule has 2 aromatic rings. The van der Waals surface area contributed by atoms with Crippen molar-refractivity contribution in [3.05, 3.63) is 57.4 Å². The van der Waals surface area contributed by atoms with Gasteiger partial charge in [0.15, 0.2) is 5.78 Å². The first kappa shape index (κ1) is 32.3. The molecule has 1 aromatic carbocycles. The highest BCUT2D eigenvalue weighted by atomic mass is 79.9. The van der Waals surface area contributed by atoms with Gasteiger partial charge >= 0.3 is 6.09 Å². The Balaban J connectivity index is 0.00000533. The van der Waals surface area contributed by atoms with Gasteiger partial charge in [-0.05, 0) is 62.3 Å². The fourth-order valence-electron chi connectivity index (χ4n) is 4.45. The predicted octanol–water partition coefficient (Wildman–Crippen LogP) is 6.32. The van der Waals surface area contributed by atoms with Crippen molar-refractivity contribution in [2.45, 2.75) is 98.8 Å². The number of aromatic hydroxyl groups is 1. The number of Topliss-reactive ketones (excluding diaryl/α,β-unsaturated/α-hetero) is 1. The molecule has 9 heteroatoms. The van der Waals surface area contributed by atoms with Gasteiger partial charge in [-0.3, -0.25) is 10.2 Å². The monoisotopic (exact) mass is 602 g/mol. The molecule has 0 saturated heterocycles. The van der Waals surface area contributed by atoms with Gasteiger partial charge in [-0.15, -0.1) is 17.0 Å². The van der Waals surface area contributed by atoms with Crippen molar-refractivity contribution >= 4 is 34.7 Å². The van der Waals surface area contributed by atoms with Gasteiger partial charge in [-0.1, -0.05) is 41.5 Å². The van der Waals surface area contributed by atoms with Gasteiger partial charge in [-0.25, -0.2) is 9.78 Å². The van der Waals surface area contributed by atoms with Crippen molar-refractivity contribution in [3.63, 3.8) is 0 Å². The van der Waals surface area contributed by atoms with E-state index in [1.54, 1.807) is 17.0 Å². The lowest BCUT2D eigenvalue weighted by Gasteiger charge is -2.28. The number of ether oxygens (including phenoxy) is 1. The molecule has 3 N–H and O–H groups in total. The SMILES string of the molecule is Br.Cc1nc2c(cc1CNC(=O)OC(C)(C)C)CN(CC(=O)c1cc(C(C)(C)C)c(O)c(C(C)(C)C)c1)C2=N. The van der Waals surface area contributed by atoms with E-state index in [9.17, 15) is 14.7 Å². The Morgan fingerprint density at radius 1 is 1.03 bits per heavy atom. The van der Waals surface area contributed by atoms with E-state index in [2.05, 4.69) is 10.3 Å². The molecule has 39 heavy (non-hydrogen) atoms. The zero-order valence-corrected chi connectivity index (χ0v) is 26.5. The second kappa shape index (κ2) is 11.3. The number of ketones is 1. The summed E-state index contributed by atoms with van der Waals surface area (Å²) < 4.78 is 5.31. The Bertz CT molecular complexity index is 1250. The number of nitrogens with zero attached hydrogens (tertiary/aromatic N) is 2. The maximum Gasteiger partial charge on any atom is 0.407 e. The predicted molar refractivity (Wildman–Crippen MR) is 159 cm³/mol. The Morgan fingerprint density at radius 2 is 1.56 bits per heavy atom. The van der Waals surface area contributed by atoms with Crippen LogP contribution >= 0.6 is 17.0 Å². The Morgan fingerprint density at radius 3 is 2.05 bits per heavy atom. The molecule has 2 heterocycles. The summed E-state index contributed by atoms with van der Waals surface area (Å²) in [5, 5.41) is 22.4. The number of carbonyl (C=O) groups excluding carboxylic acids is 2. The number of hydrogen-bond acceptors (Lipinski definition) is 6. The summed E-state index contributed by atoms with van der Waals surface area (Å²) in [6.07, 6.45) is -0.504. The number of pyridine rings is 1. The average Bonchev–Trinajstić information content (AvgIpc) is 3.03. The fraction of sp³-hybridized carbons (Fsp3) is 0.533. The van der Waals surface area contributed by atoms with E-state index < -0.39 is 11.7 Å². The van der Waals surface area contributed by atoms with Crippen LogP contribution in [0, 0.1) is 12.3 Å². The number of phenolic OH excluding ortho intramolecular Hbond substituents is 1. The third-order valence-electron chi connectivity index (χ3n) is 6.50. The van der Waals surface area contributed by atoms with Crippen molar-refractivity contribution in [1.29, 1.82) is 5.41 Å². The number of benzene rings is 1. The summed E-state index contributed by atoms with van der Waals surface area (Å²) in [4.78, 5) is 31.9. The Labute approximate surface area is 242 Å². The van der Waals surface area contributed by atoms with Crippen molar-refractivity contribution in [2.75, 3.05) is 6.54 Å². The summed E-state index contributed by atoms with van der Waals surface area (Å²) in [6.45, 7) is 20.0. The van der Waals surface area contributed by atoms with Crippen LogP contribution in [0.5, 0.6) is 5.75 Å². The lowest BCUT2D eigenvalue weighted by atomic mass is 9.78. The molecule has 1 aliphatic rings. The standard InChI is InChI=1S/C30H42N4O4.BrH/c1-17-19(14-32-27(37)38-30(8,9)10)11-20-15-34(26(31)24(20)33-17)16-23(35)18-12-21(28(2,3)4)25(36)22(13-18)29(5,6)7;/h11-13,31,36H,14-16H2,1-10H3,(H,32,37);1H. The molecule has 0 spiro atoms. The third kappa shape index (κ3) is 7.59. The molecule has 0 atom stereocenters. The molecule has 0 aliphatic carbocycles. The van der Waals surface area contributed by atoms with Crippen molar-refractivity contribution < 1.29 is 19.4 Å². The third-order valence-corrected chi connectivity index (χ3v) is 6.50. The topological polar surface area (TPSA) is 116 Å². The van der Waals surface area contributed by atoms with Gasteiger partial charge < -0.3 is 20.1 Å². The number of phenols is 1. The van der Waals surface area contributed by atoms with Crippen LogP contribution in [0.3, 0.4) is 0 Å². The summed E-state index contributed by atoms with van der Waals surface area (Å²) >= 11 is 0. The number of carbonyl (C=O) groups is 2. The van der Waals surface area contributed by atoms with E-state index in [0.717, 1.165) is 22.3 Å². The van der Waals surface area contributed by atoms with Gasteiger partial charge in [0, 0.05) is 41.0 Å². The number of aryl methyl sites for hydroxylation is 1. The summed E-state index contributed by atoms with van der Waals surface area (Å²) in [7, 11) is 0. The van der Waals surface area contributed by atoms with Crippen LogP contribution in [0.15, 0.2) is 18.2 Å². The molecule has 3 rings (SSSR count). The van der Waals surface area contributed by atoms with Gasteiger partial charge in [0.1, 0.15) is 22.9 Å². The normalized spacial score (nSPS) is 13.6. The molecule has 0 bridgehead atoms. The first-order valence-electron chi connectivity index (χ1n) is 13.0. The number of halogens is 1. The molecular weight excluding hydrogens is 560 g/mol. The van der Waals surface area contributed by atoms with E-state index in [-0.39, 0.29) is 58.3 Å². The highest BCUT2D eigenvalue weighted by Gasteiger charge is 2.31. The molecule has 214 valence electrons. The molecule has 1 amide bonds. The zero-order chi connectivity index (χ0) is 28.8. The largest absolute Gasteiger partial charge is 0.507 e. The smallest absolute Gasteiger partial charge is 0.407 e. The molecule has 0 unspecified atom stereocenters. The van der Waals surface area contributed by atoms with Crippen LogP contribution in [0.2, 0.25) is 0 Å². The van der Waals surface area contributed by atoms with Crippen LogP contribution in [0.4, 0.5) is 4.79 Å². The second-order valence-corrected chi connectivity index (χ2v) is 13.1. The summed E-state index contributed by atoms with van der Waals surface area (Å²) in [5.74, 6) is 0.311. The van der Waals surface area contributed by atoms with Crippen LogP contribution in [0.25, 0.3) is 0 Å².